The molecular formula is C17H27N3S. The molecule has 0 aromatic carbocycles. The van der Waals surface area contributed by atoms with Gasteiger partial charge in [-0.1, -0.05) is 19.8 Å². The van der Waals surface area contributed by atoms with Crippen molar-refractivity contribution < 1.29 is 0 Å². The Kier molecular flexibility index (Phi) is 3.92. The van der Waals surface area contributed by atoms with Crippen molar-refractivity contribution in [2.75, 3.05) is 11.4 Å². The molecule has 2 heterocycles. The van der Waals surface area contributed by atoms with Gasteiger partial charge in [-0.3, -0.25) is 0 Å². The zero-order chi connectivity index (χ0) is 14.2. The third-order valence-corrected chi connectivity index (χ3v) is 6.62. The minimum Gasteiger partial charge on any atom is -0.345 e. The van der Waals surface area contributed by atoms with Crippen LogP contribution in [0.15, 0.2) is 0 Å². The number of aromatic nitrogens is 1. The zero-order valence-corrected chi connectivity index (χ0v) is 13.9. The van der Waals surface area contributed by atoms with E-state index in [1.54, 1.807) is 0 Å². The third-order valence-electron chi connectivity index (χ3n) is 5.49. The zero-order valence-electron chi connectivity index (χ0n) is 13.1. The molecule has 1 saturated heterocycles. The van der Waals surface area contributed by atoms with Gasteiger partial charge in [-0.2, -0.15) is 0 Å². The van der Waals surface area contributed by atoms with Gasteiger partial charge in [-0.15, -0.1) is 11.3 Å². The summed E-state index contributed by atoms with van der Waals surface area (Å²) in [4.78, 5) is 9.14. The molecule has 0 radical (unpaired) electrons. The fourth-order valence-electron chi connectivity index (χ4n) is 4.07. The van der Waals surface area contributed by atoms with E-state index in [2.05, 4.69) is 17.1 Å². The smallest absolute Gasteiger partial charge is 0.186 e. The van der Waals surface area contributed by atoms with Crippen LogP contribution in [0.2, 0.25) is 0 Å². The summed E-state index contributed by atoms with van der Waals surface area (Å²) in [6.07, 6.45) is 10.9. The fourth-order valence-corrected chi connectivity index (χ4v) is 5.26. The predicted molar refractivity (Wildman–Crippen MR) is 89.1 cm³/mol. The molecule has 1 aromatic heterocycles. The first-order valence-electron chi connectivity index (χ1n) is 8.83. The normalized spacial score (nSPS) is 28.9. The molecular weight excluding hydrogens is 278 g/mol. The van der Waals surface area contributed by atoms with Gasteiger partial charge in [0.2, 0.25) is 0 Å². The summed E-state index contributed by atoms with van der Waals surface area (Å²) in [5.41, 5.74) is 1.34. The van der Waals surface area contributed by atoms with E-state index in [-0.39, 0.29) is 0 Å². The topological polar surface area (TPSA) is 28.2 Å². The second kappa shape index (κ2) is 5.88. The number of hydrogen-bond donors (Lipinski definition) is 1. The number of rotatable bonds is 5. The maximum Gasteiger partial charge on any atom is 0.186 e. The van der Waals surface area contributed by atoms with Gasteiger partial charge in [0.1, 0.15) is 0 Å². The third kappa shape index (κ3) is 2.85. The number of nitrogens with zero attached hydrogens (tertiary/aromatic N) is 2. The number of thiazole rings is 1. The van der Waals surface area contributed by atoms with Gasteiger partial charge in [0, 0.05) is 30.1 Å². The Morgan fingerprint density at radius 1 is 1.19 bits per heavy atom. The van der Waals surface area contributed by atoms with Crippen LogP contribution in [0.4, 0.5) is 5.13 Å². The van der Waals surface area contributed by atoms with Crippen molar-refractivity contribution in [2.45, 2.75) is 76.9 Å². The molecule has 0 spiro atoms. The molecule has 3 nitrogen and oxygen atoms in total. The Balaban J connectivity index is 1.51. The predicted octanol–water partition coefficient (Wildman–Crippen LogP) is 3.73. The van der Waals surface area contributed by atoms with Crippen molar-refractivity contribution in [2.24, 2.45) is 5.92 Å². The molecule has 21 heavy (non-hydrogen) atoms. The molecule has 116 valence electrons. The molecule has 3 fully saturated rings. The number of anilines is 1. The number of nitrogens with one attached hydrogen (secondary N) is 1. The van der Waals surface area contributed by atoms with Crippen molar-refractivity contribution in [3.63, 3.8) is 0 Å². The lowest BCUT2D eigenvalue weighted by Gasteiger charge is -2.31. The van der Waals surface area contributed by atoms with Crippen molar-refractivity contribution in [1.82, 2.24) is 10.3 Å². The minimum atomic E-state index is 0.787. The Morgan fingerprint density at radius 3 is 2.86 bits per heavy atom. The Labute approximate surface area is 132 Å². The van der Waals surface area contributed by atoms with E-state index < -0.39 is 0 Å². The molecule has 1 N–H and O–H groups in total. The number of aryl methyl sites for hydroxylation is 1. The van der Waals surface area contributed by atoms with Crippen LogP contribution < -0.4 is 10.2 Å². The Morgan fingerprint density at radius 2 is 2.05 bits per heavy atom. The van der Waals surface area contributed by atoms with Crippen LogP contribution in [-0.2, 0) is 13.0 Å². The highest BCUT2D eigenvalue weighted by atomic mass is 32.1. The number of fused-ring (bicyclic) bond motifs is 1. The van der Waals surface area contributed by atoms with Gasteiger partial charge < -0.3 is 10.2 Å². The van der Waals surface area contributed by atoms with Crippen LogP contribution in [-0.4, -0.2) is 23.6 Å². The van der Waals surface area contributed by atoms with Gasteiger partial charge in [-0.25, -0.2) is 4.98 Å². The Bertz CT molecular complexity index is 494. The molecule has 3 aliphatic rings. The highest BCUT2D eigenvalue weighted by molar-refractivity contribution is 7.15. The average molecular weight is 305 g/mol. The van der Waals surface area contributed by atoms with Crippen LogP contribution in [0.1, 0.15) is 62.4 Å². The van der Waals surface area contributed by atoms with Crippen LogP contribution in [0.3, 0.4) is 0 Å². The first-order valence-corrected chi connectivity index (χ1v) is 9.65. The van der Waals surface area contributed by atoms with E-state index in [1.807, 2.05) is 11.3 Å². The van der Waals surface area contributed by atoms with Gasteiger partial charge in [0.25, 0.3) is 0 Å². The lowest BCUT2D eigenvalue weighted by Crippen LogP contribution is -2.34. The molecule has 4 rings (SSSR count). The van der Waals surface area contributed by atoms with E-state index >= 15 is 0 Å². The van der Waals surface area contributed by atoms with Crippen LogP contribution in [0.5, 0.6) is 0 Å². The lowest BCUT2D eigenvalue weighted by atomic mass is 9.85. The summed E-state index contributed by atoms with van der Waals surface area (Å²) >= 11 is 1.96. The fraction of sp³-hybridized carbons (Fsp3) is 0.824. The van der Waals surface area contributed by atoms with Crippen molar-refractivity contribution >= 4 is 16.5 Å². The van der Waals surface area contributed by atoms with Crippen molar-refractivity contribution in [3.05, 3.63) is 10.6 Å². The van der Waals surface area contributed by atoms with Crippen LogP contribution >= 0.6 is 11.3 Å². The molecule has 0 amide bonds. The SMILES string of the molecule is CCc1nc(N2CCC3CCCCC32)sc1CNC1CC1. The van der Waals surface area contributed by atoms with Crippen molar-refractivity contribution in [3.8, 4) is 0 Å². The number of hydrogen-bond acceptors (Lipinski definition) is 4. The van der Waals surface area contributed by atoms with E-state index in [9.17, 15) is 0 Å². The van der Waals surface area contributed by atoms with E-state index in [1.165, 1.54) is 67.2 Å². The molecule has 1 aromatic rings. The largest absolute Gasteiger partial charge is 0.345 e. The standard InChI is InChI=1S/C17H27N3S/c1-2-14-16(11-18-13-7-8-13)21-17(19-14)20-10-9-12-5-3-4-6-15(12)20/h12-13,15,18H,2-11H2,1H3. The summed E-state index contributed by atoms with van der Waals surface area (Å²) in [5, 5.41) is 4.97. The molecule has 2 aliphatic carbocycles. The summed E-state index contributed by atoms with van der Waals surface area (Å²) in [6.45, 7) is 4.52. The maximum absolute atomic E-state index is 5.00. The molecule has 2 saturated carbocycles. The summed E-state index contributed by atoms with van der Waals surface area (Å²) in [5.74, 6) is 0.945. The summed E-state index contributed by atoms with van der Waals surface area (Å²) in [7, 11) is 0. The average Bonchev–Trinajstić information content (AvgIpc) is 3.10. The highest BCUT2D eigenvalue weighted by Gasteiger charge is 2.37. The van der Waals surface area contributed by atoms with Crippen LogP contribution in [0.25, 0.3) is 0 Å². The lowest BCUT2D eigenvalue weighted by molar-refractivity contribution is 0.342. The molecule has 2 unspecified atom stereocenters. The van der Waals surface area contributed by atoms with Gasteiger partial charge in [-0.05, 0) is 44.4 Å². The molecule has 2 atom stereocenters. The van der Waals surface area contributed by atoms with E-state index in [4.69, 9.17) is 4.98 Å². The molecule has 1 aliphatic heterocycles. The summed E-state index contributed by atoms with van der Waals surface area (Å²) < 4.78 is 0. The maximum atomic E-state index is 5.00. The summed E-state index contributed by atoms with van der Waals surface area (Å²) in [6, 6.07) is 1.58. The monoisotopic (exact) mass is 305 g/mol. The highest BCUT2D eigenvalue weighted by Crippen LogP contribution is 2.40. The van der Waals surface area contributed by atoms with Gasteiger partial charge in [0.05, 0.1) is 5.69 Å². The first kappa shape index (κ1) is 14.0. The van der Waals surface area contributed by atoms with Crippen molar-refractivity contribution in [1.29, 1.82) is 0 Å². The van der Waals surface area contributed by atoms with Crippen LogP contribution in [0, 0.1) is 5.92 Å². The second-order valence-corrected chi connectivity index (χ2v) is 8.03. The van der Waals surface area contributed by atoms with Gasteiger partial charge >= 0.3 is 0 Å². The molecule has 0 bridgehead atoms. The first-order chi connectivity index (χ1) is 10.3. The second-order valence-electron chi connectivity index (χ2n) is 6.97. The van der Waals surface area contributed by atoms with E-state index in [0.29, 0.717) is 0 Å². The quantitative estimate of drug-likeness (QED) is 0.898. The van der Waals surface area contributed by atoms with E-state index in [0.717, 1.165) is 31.0 Å². The minimum absolute atomic E-state index is 0.787. The Hall–Kier alpha value is -0.610. The molecule has 4 heteroatoms. The van der Waals surface area contributed by atoms with Gasteiger partial charge in [0.15, 0.2) is 5.13 Å².